The lowest BCUT2D eigenvalue weighted by atomic mass is 10.0. The van der Waals surface area contributed by atoms with Crippen molar-refractivity contribution in [3.8, 4) is 23.0 Å². The lowest BCUT2D eigenvalue weighted by Crippen LogP contribution is -2.02. The van der Waals surface area contributed by atoms with Gasteiger partial charge < -0.3 is 24.1 Å². The van der Waals surface area contributed by atoms with E-state index in [1.807, 2.05) is 0 Å². The number of ketones is 1. The minimum atomic E-state index is -0.471. The van der Waals surface area contributed by atoms with Gasteiger partial charge in [0.2, 0.25) is 5.75 Å². The highest BCUT2D eigenvalue weighted by molar-refractivity contribution is 6.15. The molecule has 2 N–H and O–H groups in total. The second-order valence-corrected chi connectivity index (χ2v) is 5.70. The first-order valence-electron chi connectivity index (χ1n) is 7.84. The Labute approximate surface area is 149 Å². The maximum absolute atomic E-state index is 12.7. The van der Waals surface area contributed by atoms with E-state index in [0.29, 0.717) is 16.5 Å². The van der Waals surface area contributed by atoms with Crippen molar-refractivity contribution < 1.29 is 28.9 Å². The summed E-state index contributed by atoms with van der Waals surface area (Å²) in [5.74, 6) is -0.417. The third kappa shape index (κ3) is 2.86. The molecular weight excluding hydrogens is 336 g/mol. The highest BCUT2D eigenvalue weighted by Gasteiger charge is 2.26. The maximum atomic E-state index is 12.7. The zero-order valence-electron chi connectivity index (χ0n) is 14.6. The molecule has 3 rings (SSSR count). The van der Waals surface area contributed by atoms with E-state index in [0.717, 1.165) is 5.56 Å². The summed E-state index contributed by atoms with van der Waals surface area (Å²) in [4.78, 5) is 12.7. The van der Waals surface area contributed by atoms with Crippen molar-refractivity contribution in [3.63, 3.8) is 0 Å². The van der Waals surface area contributed by atoms with Crippen molar-refractivity contribution in [3.05, 3.63) is 53.3 Å². The van der Waals surface area contributed by atoms with Crippen molar-refractivity contribution >= 4 is 22.8 Å². The molecule has 3 aromatic rings. The van der Waals surface area contributed by atoms with E-state index in [4.69, 9.17) is 13.9 Å². The van der Waals surface area contributed by atoms with E-state index < -0.39 is 5.78 Å². The number of hydrogen-bond acceptors (Lipinski definition) is 6. The Morgan fingerprint density at radius 1 is 1.12 bits per heavy atom. The van der Waals surface area contributed by atoms with Gasteiger partial charge in [0.15, 0.2) is 17.1 Å². The van der Waals surface area contributed by atoms with Crippen LogP contribution in [0.5, 0.6) is 23.0 Å². The van der Waals surface area contributed by atoms with Gasteiger partial charge in [-0.05, 0) is 36.3 Å². The van der Waals surface area contributed by atoms with Crippen LogP contribution in [-0.4, -0.2) is 30.2 Å². The first-order valence-corrected chi connectivity index (χ1v) is 7.84. The van der Waals surface area contributed by atoms with E-state index in [1.54, 1.807) is 37.3 Å². The van der Waals surface area contributed by atoms with Crippen molar-refractivity contribution in [1.82, 2.24) is 0 Å². The lowest BCUT2D eigenvalue weighted by Gasteiger charge is -2.13. The number of fused-ring (bicyclic) bond motifs is 1. The van der Waals surface area contributed by atoms with Gasteiger partial charge in [0.25, 0.3) is 0 Å². The molecule has 0 unspecified atom stereocenters. The van der Waals surface area contributed by atoms with Gasteiger partial charge in [-0.15, -0.1) is 0 Å². The number of ether oxygens (including phenoxy) is 2. The van der Waals surface area contributed by atoms with E-state index in [-0.39, 0.29) is 28.6 Å². The number of phenolic OH excluding ortho intramolecular Hbond substituents is 2. The number of hydrogen-bond donors (Lipinski definition) is 2. The van der Waals surface area contributed by atoms with Gasteiger partial charge in [0, 0.05) is 0 Å². The second kappa shape index (κ2) is 6.84. The Kier molecular flexibility index (Phi) is 4.58. The number of phenols is 2. The fraction of sp³-hybridized carbons (Fsp3) is 0.150. The molecule has 0 saturated carbocycles. The minimum Gasteiger partial charge on any atom is -0.508 e. The highest BCUT2D eigenvalue weighted by Crippen LogP contribution is 2.45. The number of furan rings is 1. The Morgan fingerprint density at radius 2 is 1.85 bits per heavy atom. The molecule has 0 aliphatic carbocycles. The van der Waals surface area contributed by atoms with Gasteiger partial charge in [0.1, 0.15) is 17.1 Å². The zero-order chi connectivity index (χ0) is 18.8. The lowest BCUT2D eigenvalue weighted by molar-refractivity contribution is 0.104. The van der Waals surface area contributed by atoms with E-state index in [1.165, 1.54) is 26.6 Å². The van der Waals surface area contributed by atoms with Crippen LogP contribution in [-0.2, 0) is 0 Å². The molecule has 2 aromatic carbocycles. The number of allylic oxidation sites excluding steroid dienone is 1. The van der Waals surface area contributed by atoms with Gasteiger partial charge in [0.05, 0.1) is 25.9 Å². The summed E-state index contributed by atoms with van der Waals surface area (Å²) in [5, 5.41) is 20.8. The number of carbonyl (C=O) groups excluding carboxylic acids is 1. The highest BCUT2D eigenvalue weighted by atomic mass is 16.5. The van der Waals surface area contributed by atoms with Crippen LogP contribution >= 0.6 is 0 Å². The molecule has 0 atom stereocenters. The third-order valence-corrected chi connectivity index (χ3v) is 4.11. The van der Waals surface area contributed by atoms with Crippen molar-refractivity contribution in [2.24, 2.45) is 0 Å². The normalized spacial score (nSPS) is 11.2. The number of aryl methyl sites for hydroxylation is 1. The summed E-state index contributed by atoms with van der Waals surface area (Å²) >= 11 is 0. The molecule has 0 spiro atoms. The molecule has 0 bridgehead atoms. The number of rotatable bonds is 5. The topological polar surface area (TPSA) is 89.1 Å². The van der Waals surface area contributed by atoms with Gasteiger partial charge in [-0.25, -0.2) is 0 Å². The number of aromatic hydroxyl groups is 2. The summed E-state index contributed by atoms with van der Waals surface area (Å²) in [6.45, 7) is 1.78. The van der Waals surface area contributed by atoms with E-state index in [2.05, 4.69) is 0 Å². The van der Waals surface area contributed by atoms with Crippen LogP contribution in [0.2, 0.25) is 0 Å². The zero-order valence-corrected chi connectivity index (χ0v) is 14.6. The average Bonchev–Trinajstić information content (AvgIpc) is 3.10. The van der Waals surface area contributed by atoms with Gasteiger partial charge in [-0.1, -0.05) is 18.2 Å². The molecule has 0 fully saturated rings. The van der Waals surface area contributed by atoms with Crippen molar-refractivity contribution in [1.29, 1.82) is 0 Å². The molecule has 6 nitrogen and oxygen atoms in total. The van der Waals surface area contributed by atoms with Gasteiger partial charge >= 0.3 is 0 Å². The van der Waals surface area contributed by atoms with Gasteiger partial charge in [-0.2, -0.15) is 0 Å². The average molecular weight is 354 g/mol. The molecule has 134 valence electrons. The predicted molar refractivity (Wildman–Crippen MR) is 97.2 cm³/mol. The third-order valence-electron chi connectivity index (χ3n) is 4.11. The molecule has 1 heterocycles. The predicted octanol–water partition coefficient (Wildman–Crippen LogP) is 4.07. The van der Waals surface area contributed by atoms with E-state index in [9.17, 15) is 15.0 Å². The van der Waals surface area contributed by atoms with Gasteiger partial charge in [-0.3, -0.25) is 4.79 Å². The molecule has 0 amide bonds. The molecule has 1 aromatic heterocycles. The van der Waals surface area contributed by atoms with Crippen LogP contribution < -0.4 is 9.47 Å². The summed E-state index contributed by atoms with van der Waals surface area (Å²) < 4.78 is 15.9. The van der Waals surface area contributed by atoms with Crippen LogP contribution in [0.3, 0.4) is 0 Å². The fourth-order valence-electron chi connectivity index (χ4n) is 2.74. The first kappa shape index (κ1) is 17.4. The molecule has 0 radical (unpaired) electrons. The minimum absolute atomic E-state index is 0.0224. The summed E-state index contributed by atoms with van der Waals surface area (Å²) in [6.07, 6.45) is 4.27. The largest absolute Gasteiger partial charge is 0.508 e. The van der Waals surface area contributed by atoms with E-state index >= 15 is 0 Å². The van der Waals surface area contributed by atoms with Crippen LogP contribution in [0, 0.1) is 6.92 Å². The molecule has 0 aliphatic rings. The number of methoxy groups -OCH3 is 2. The monoisotopic (exact) mass is 354 g/mol. The Morgan fingerprint density at radius 3 is 2.50 bits per heavy atom. The van der Waals surface area contributed by atoms with Crippen LogP contribution in [0.15, 0.2) is 41.0 Å². The molecule has 26 heavy (non-hydrogen) atoms. The SMILES string of the molecule is COc1c(C(=O)C=Cc2ccc(C)c(O)c2)c(O)c(OC)c2occc12. The smallest absolute Gasteiger partial charge is 0.205 e. The summed E-state index contributed by atoms with van der Waals surface area (Å²) in [5.41, 5.74) is 1.66. The second-order valence-electron chi connectivity index (χ2n) is 5.70. The van der Waals surface area contributed by atoms with Crippen molar-refractivity contribution in [2.75, 3.05) is 14.2 Å². The molecule has 6 heteroatoms. The molecule has 0 aliphatic heterocycles. The molecule has 0 saturated heterocycles. The maximum Gasteiger partial charge on any atom is 0.205 e. The first-order chi connectivity index (χ1) is 12.5. The number of carbonyl (C=O) groups is 1. The van der Waals surface area contributed by atoms with Crippen LogP contribution in [0.4, 0.5) is 0 Å². The Balaban J connectivity index is 2.08. The molecular formula is C20H18O6. The standard InChI is InChI=1S/C20H18O6/c1-11-4-5-12(10-15(11)22)6-7-14(21)16-17(23)20(25-3)19-13(8-9-26-19)18(16)24-2/h4-10,22-23H,1-3H3. The Hall–Kier alpha value is -3.41. The summed E-state index contributed by atoms with van der Waals surface area (Å²) in [7, 11) is 2.79. The van der Waals surface area contributed by atoms with Crippen LogP contribution in [0.25, 0.3) is 17.0 Å². The summed E-state index contributed by atoms with van der Waals surface area (Å²) in [6, 6.07) is 6.71. The number of benzene rings is 2. The fourth-order valence-corrected chi connectivity index (χ4v) is 2.74. The quantitative estimate of drug-likeness (QED) is 0.530. The van der Waals surface area contributed by atoms with Crippen molar-refractivity contribution in [2.45, 2.75) is 6.92 Å². The van der Waals surface area contributed by atoms with Crippen LogP contribution in [0.1, 0.15) is 21.5 Å². The Bertz CT molecular complexity index is 1010.